The van der Waals surface area contributed by atoms with Crippen molar-refractivity contribution in [2.24, 2.45) is 10.7 Å². The molecule has 2 aromatic rings. The van der Waals surface area contributed by atoms with E-state index >= 15 is 0 Å². The summed E-state index contributed by atoms with van der Waals surface area (Å²) in [4.78, 5) is 17.3. The van der Waals surface area contributed by atoms with E-state index in [9.17, 15) is 0 Å². The van der Waals surface area contributed by atoms with Gasteiger partial charge in [0.1, 0.15) is 0 Å². The molecule has 2 N–H and O–H groups in total. The summed E-state index contributed by atoms with van der Waals surface area (Å²) in [6.07, 6.45) is 3.53. The van der Waals surface area contributed by atoms with Crippen molar-refractivity contribution in [3.63, 3.8) is 0 Å². The van der Waals surface area contributed by atoms with Gasteiger partial charge in [0.25, 0.3) is 0 Å². The fraction of sp³-hybridized carbons (Fsp3) is 0.357. The van der Waals surface area contributed by atoms with E-state index in [4.69, 9.17) is 5.73 Å². The predicted molar refractivity (Wildman–Crippen MR) is 109 cm³/mol. The average molecular weight is 509 g/mol. The number of piperazine rings is 1. The Morgan fingerprint density at radius 3 is 2.57 bits per heavy atom. The molecule has 0 aliphatic carbocycles. The molecule has 0 radical (unpaired) electrons. The van der Waals surface area contributed by atoms with Gasteiger partial charge >= 0.3 is 0 Å². The Morgan fingerprint density at radius 2 is 1.96 bits per heavy atom. The molecule has 0 unspecified atom stereocenters. The van der Waals surface area contributed by atoms with Crippen LogP contribution >= 0.6 is 51.2 Å². The van der Waals surface area contributed by atoms with E-state index in [1.54, 1.807) is 23.7 Å². The summed E-state index contributed by atoms with van der Waals surface area (Å²) in [5.74, 6) is 1.39. The number of aromatic nitrogens is 2. The number of thiophene rings is 1. The first kappa shape index (κ1) is 18.4. The van der Waals surface area contributed by atoms with Crippen LogP contribution in [0.1, 0.15) is 5.56 Å². The van der Waals surface area contributed by atoms with Crippen LogP contribution in [-0.4, -0.2) is 47.0 Å². The summed E-state index contributed by atoms with van der Waals surface area (Å²) in [6.45, 7) is 3.99. The Morgan fingerprint density at radius 1 is 1.26 bits per heavy atom. The maximum absolute atomic E-state index is 6.11. The van der Waals surface area contributed by atoms with Crippen molar-refractivity contribution in [2.75, 3.05) is 31.1 Å². The van der Waals surface area contributed by atoms with Gasteiger partial charge in [0.05, 0.1) is 10.3 Å². The summed E-state index contributed by atoms with van der Waals surface area (Å²) in [5.41, 5.74) is 7.28. The monoisotopic (exact) mass is 508 g/mol. The summed E-state index contributed by atoms with van der Waals surface area (Å²) in [6, 6.07) is 3.90. The van der Waals surface area contributed by atoms with E-state index in [0.29, 0.717) is 12.5 Å². The zero-order chi connectivity index (χ0) is 15.4. The molecule has 124 valence electrons. The molecule has 1 aliphatic rings. The summed E-state index contributed by atoms with van der Waals surface area (Å²) in [7, 11) is 0. The van der Waals surface area contributed by atoms with Gasteiger partial charge in [-0.2, -0.15) is 0 Å². The lowest BCUT2D eigenvalue weighted by atomic mass is 10.3. The van der Waals surface area contributed by atoms with E-state index in [0.717, 1.165) is 35.9 Å². The average Bonchev–Trinajstić information content (AvgIpc) is 2.99. The van der Waals surface area contributed by atoms with Crippen molar-refractivity contribution >= 4 is 63.2 Å². The quantitative estimate of drug-likeness (QED) is 0.392. The third kappa shape index (κ3) is 5.01. The molecule has 9 heteroatoms. The van der Waals surface area contributed by atoms with Gasteiger partial charge in [-0.3, -0.25) is 0 Å². The minimum Gasteiger partial charge on any atom is -0.370 e. The predicted octanol–water partition coefficient (Wildman–Crippen LogP) is 2.56. The maximum Gasteiger partial charge on any atom is 0.225 e. The Labute approximate surface area is 165 Å². The zero-order valence-electron chi connectivity index (χ0n) is 12.4. The van der Waals surface area contributed by atoms with Gasteiger partial charge in [0, 0.05) is 38.6 Å². The smallest absolute Gasteiger partial charge is 0.225 e. The maximum atomic E-state index is 6.11. The summed E-state index contributed by atoms with van der Waals surface area (Å²) >= 11 is 5.12. The second-order valence-corrected chi connectivity index (χ2v) is 7.25. The van der Waals surface area contributed by atoms with Crippen LogP contribution in [-0.2, 0) is 6.54 Å². The minimum absolute atomic E-state index is 0. The summed E-state index contributed by atoms with van der Waals surface area (Å²) < 4.78 is 1.12. The molecule has 3 rings (SSSR count). The number of nitrogens with two attached hydrogens (primary N) is 1. The zero-order valence-corrected chi connectivity index (χ0v) is 17.2. The fourth-order valence-electron chi connectivity index (χ4n) is 2.29. The Kier molecular flexibility index (Phi) is 7.03. The standard InChI is InChI=1S/C14H17BrN6S.HI/c15-12-8-11(10-22-12)9-19-13(16)20-4-6-21(7-5-20)14-17-2-1-3-18-14;/h1-3,8,10H,4-7,9H2,(H2,16,19);1H. The van der Waals surface area contributed by atoms with Crippen molar-refractivity contribution in [2.45, 2.75) is 6.54 Å². The number of nitrogens with zero attached hydrogens (tertiary/aromatic N) is 5. The lowest BCUT2D eigenvalue weighted by Crippen LogP contribution is -2.51. The van der Waals surface area contributed by atoms with Gasteiger partial charge in [0.15, 0.2) is 5.96 Å². The first-order valence-corrected chi connectivity index (χ1v) is 8.69. The second-order valence-electron chi connectivity index (χ2n) is 4.96. The van der Waals surface area contributed by atoms with Crippen LogP contribution in [0.2, 0.25) is 0 Å². The van der Waals surface area contributed by atoms with Crippen LogP contribution in [0, 0.1) is 0 Å². The molecule has 3 heterocycles. The van der Waals surface area contributed by atoms with Gasteiger partial charge in [0.2, 0.25) is 5.95 Å². The van der Waals surface area contributed by atoms with E-state index in [-0.39, 0.29) is 24.0 Å². The van der Waals surface area contributed by atoms with Crippen LogP contribution in [0.25, 0.3) is 0 Å². The fourth-order valence-corrected chi connectivity index (χ4v) is 3.49. The number of hydrogen-bond donors (Lipinski definition) is 1. The molecule has 0 saturated carbocycles. The molecule has 23 heavy (non-hydrogen) atoms. The van der Waals surface area contributed by atoms with Crippen LogP contribution in [0.3, 0.4) is 0 Å². The lowest BCUT2D eigenvalue weighted by Gasteiger charge is -2.35. The molecular formula is C14H18BrIN6S. The van der Waals surface area contributed by atoms with Gasteiger partial charge in [-0.05, 0) is 39.0 Å². The number of rotatable bonds is 3. The summed E-state index contributed by atoms with van der Waals surface area (Å²) in [5, 5.41) is 2.09. The Balaban J connectivity index is 0.00000192. The molecule has 0 amide bonds. The van der Waals surface area contributed by atoms with Gasteiger partial charge in [-0.15, -0.1) is 35.3 Å². The molecule has 1 saturated heterocycles. The number of aliphatic imine (C=N–C) groups is 1. The van der Waals surface area contributed by atoms with Crippen molar-refractivity contribution in [1.82, 2.24) is 14.9 Å². The highest BCUT2D eigenvalue weighted by atomic mass is 127. The third-order valence-electron chi connectivity index (χ3n) is 3.48. The molecular weight excluding hydrogens is 491 g/mol. The highest BCUT2D eigenvalue weighted by molar-refractivity contribution is 14.0. The molecule has 0 bridgehead atoms. The molecule has 1 aliphatic heterocycles. The number of guanidine groups is 1. The first-order valence-electron chi connectivity index (χ1n) is 7.02. The van der Waals surface area contributed by atoms with Crippen molar-refractivity contribution in [3.05, 3.63) is 39.3 Å². The Bertz CT molecular complexity index is 642. The van der Waals surface area contributed by atoms with Gasteiger partial charge in [-0.1, -0.05) is 0 Å². The van der Waals surface area contributed by atoms with Gasteiger partial charge in [-0.25, -0.2) is 15.0 Å². The topological polar surface area (TPSA) is 70.6 Å². The number of anilines is 1. The lowest BCUT2D eigenvalue weighted by molar-refractivity contribution is 0.378. The molecule has 1 fully saturated rings. The SMILES string of the molecule is I.NC(=NCc1csc(Br)c1)N1CCN(c2ncccn2)CC1. The highest BCUT2D eigenvalue weighted by Gasteiger charge is 2.19. The van der Waals surface area contributed by atoms with E-state index < -0.39 is 0 Å². The molecule has 6 nitrogen and oxygen atoms in total. The van der Waals surface area contributed by atoms with Gasteiger partial charge < -0.3 is 15.5 Å². The number of halogens is 2. The van der Waals surface area contributed by atoms with Crippen LogP contribution in [0.5, 0.6) is 0 Å². The van der Waals surface area contributed by atoms with Crippen LogP contribution in [0.4, 0.5) is 5.95 Å². The molecule has 2 aromatic heterocycles. The first-order chi connectivity index (χ1) is 10.7. The van der Waals surface area contributed by atoms with E-state index in [1.807, 2.05) is 6.07 Å². The Hall–Kier alpha value is -0.940. The largest absolute Gasteiger partial charge is 0.370 e. The van der Waals surface area contributed by atoms with Crippen molar-refractivity contribution in [3.8, 4) is 0 Å². The second kappa shape index (κ2) is 8.78. The van der Waals surface area contributed by atoms with E-state index in [1.165, 1.54) is 5.56 Å². The van der Waals surface area contributed by atoms with Crippen molar-refractivity contribution < 1.29 is 0 Å². The highest BCUT2D eigenvalue weighted by Crippen LogP contribution is 2.21. The minimum atomic E-state index is 0. The molecule has 0 aromatic carbocycles. The number of hydrogen-bond acceptors (Lipinski definition) is 5. The normalized spacial score (nSPS) is 15.4. The van der Waals surface area contributed by atoms with Crippen LogP contribution in [0.15, 0.2) is 38.7 Å². The van der Waals surface area contributed by atoms with Crippen molar-refractivity contribution in [1.29, 1.82) is 0 Å². The third-order valence-corrected chi connectivity index (χ3v) is 5.04. The molecule has 0 atom stereocenters. The van der Waals surface area contributed by atoms with E-state index in [2.05, 4.69) is 52.1 Å². The van der Waals surface area contributed by atoms with Crippen LogP contribution < -0.4 is 10.6 Å². The molecule has 0 spiro atoms.